The second-order valence-corrected chi connectivity index (χ2v) is 1.72. The molecule has 0 saturated carbocycles. The van der Waals surface area contributed by atoms with Crippen molar-refractivity contribution < 1.29 is 4.74 Å². The van der Waals surface area contributed by atoms with E-state index >= 15 is 0 Å². The van der Waals surface area contributed by atoms with E-state index in [-0.39, 0.29) is 0 Å². The molecule has 0 spiro atoms. The van der Waals surface area contributed by atoms with Crippen LogP contribution in [0.25, 0.3) is 0 Å². The van der Waals surface area contributed by atoms with Crippen LogP contribution in [0.2, 0.25) is 0 Å². The maximum absolute atomic E-state index is 5.12. The van der Waals surface area contributed by atoms with E-state index in [1.807, 2.05) is 33.8 Å². The number of ether oxygens (including phenoxy) is 1. The predicted octanol–water partition coefficient (Wildman–Crippen LogP) is 2.16. The molecule has 0 aromatic heterocycles. The Bertz CT molecular complexity index is 122. The fraction of sp³-hybridized carbons (Fsp3) is 0.667. The standard InChI is InChI=1S/C7H14N2O.C2H6/c1-4-7(9-8-3)6-10-5-2;1-2/h4,9H,3,5-6H2,1-2H3;1-2H3/b7-4-;. The highest BCUT2D eigenvalue weighted by Gasteiger charge is 1.90. The number of nitrogens with zero attached hydrogens (tertiary/aromatic N) is 1. The van der Waals surface area contributed by atoms with Crippen molar-refractivity contribution in [3.8, 4) is 0 Å². The topological polar surface area (TPSA) is 33.6 Å². The van der Waals surface area contributed by atoms with Gasteiger partial charge in [-0.15, -0.1) is 0 Å². The molecule has 3 heteroatoms. The Kier molecular flexibility index (Phi) is 14.7. The molecular weight excluding hydrogens is 152 g/mol. The van der Waals surface area contributed by atoms with Crippen LogP contribution in [0.3, 0.4) is 0 Å². The highest BCUT2D eigenvalue weighted by molar-refractivity contribution is 5.23. The molecule has 0 fully saturated rings. The summed E-state index contributed by atoms with van der Waals surface area (Å²) in [6.07, 6.45) is 1.91. The fourth-order valence-corrected chi connectivity index (χ4v) is 0.494. The predicted molar refractivity (Wildman–Crippen MR) is 54.3 cm³/mol. The number of hydrogen-bond donors (Lipinski definition) is 1. The van der Waals surface area contributed by atoms with Crippen LogP contribution >= 0.6 is 0 Å². The molecule has 0 unspecified atom stereocenters. The lowest BCUT2D eigenvalue weighted by Gasteiger charge is -2.04. The molecule has 3 nitrogen and oxygen atoms in total. The molecule has 0 aliphatic heterocycles. The average Bonchev–Trinajstić information content (AvgIpc) is 2.15. The summed E-state index contributed by atoms with van der Waals surface area (Å²) in [6.45, 7) is 12.5. The molecule has 0 saturated heterocycles. The molecule has 0 aliphatic rings. The molecule has 0 radical (unpaired) electrons. The van der Waals surface area contributed by atoms with Crippen molar-refractivity contribution in [1.29, 1.82) is 0 Å². The normalized spacial score (nSPS) is 9.83. The summed E-state index contributed by atoms with van der Waals surface area (Å²) in [4.78, 5) is 0. The summed E-state index contributed by atoms with van der Waals surface area (Å²) in [5, 5.41) is 3.51. The van der Waals surface area contributed by atoms with E-state index in [9.17, 15) is 0 Å². The molecule has 0 aromatic rings. The first kappa shape index (κ1) is 13.7. The van der Waals surface area contributed by atoms with Gasteiger partial charge in [-0.3, -0.25) is 5.43 Å². The summed E-state index contributed by atoms with van der Waals surface area (Å²) in [5.74, 6) is 0. The number of hydrogen-bond acceptors (Lipinski definition) is 3. The van der Waals surface area contributed by atoms with Crippen LogP contribution in [0.15, 0.2) is 16.9 Å². The molecule has 12 heavy (non-hydrogen) atoms. The minimum Gasteiger partial charge on any atom is -0.375 e. The molecule has 0 aromatic carbocycles. The van der Waals surface area contributed by atoms with Gasteiger partial charge >= 0.3 is 0 Å². The maximum Gasteiger partial charge on any atom is 0.0878 e. The Balaban J connectivity index is 0. The van der Waals surface area contributed by atoms with Gasteiger partial charge < -0.3 is 4.74 Å². The Labute approximate surface area is 75.5 Å². The van der Waals surface area contributed by atoms with E-state index in [0.717, 1.165) is 12.3 Å². The summed E-state index contributed by atoms with van der Waals surface area (Å²) >= 11 is 0. The summed E-state index contributed by atoms with van der Waals surface area (Å²) in [5.41, 5.74) is 3.66. The Hall–Kier alpha value is -0.830. The van der Waals surface area contributed by atoms with E-state index in [4.69, 9.17) is 4.74 Å². The summed E-state index contributed by atoms with van der Waals surface area (Å²) < 4.78 is 5.12. The maximum atomic E-state index is 5.12. The van der Waals surface area contributed by atoms with Crippen LogP contribution in [-0.4, -0.2) is 19.9 Å². The molecular formula is C9H20N2O. The first-order chi connectivity index (χ1) is 5.85. The molecule has 0 atom stereocenters. The Morgan fingerprint density at radius 3 is 2.50 bits per heavy atom. The third kappa shape index (κ3) is 9.17. The highest BCUT2D eigenvalue weighted by atomic mass is 16.5. The van der Waals surface area contributed by atoms with Crippen LogP contribution in [0, 0.1) is 0 Å². The van der Waals surface area contributed by atoms with Gasteiger partial charge in [0.25, 0.3) is 0 Å². The smallest absolute Gasteiger partial charge is 0.0878 e. The van der Waals surface area contributed by atoms with Crippen molar-refractivity contribution in [2.24, 2.45) is 5.10 Å². The van der Waals surface area contributed by atoms with Crippen molar-refractivity contribution >= 4 is 6.72 Å². The van der Waals surface area contributed by atoms with E-state index in [0.29, 0.717) is 6.61 Å². The van der Waals surface area contributed by atoms with Crippen LogP contribution in [0.4, 0.5) is 0 Å². The van der Waals surface area contributed by atoms with Gasteiger partial charge in [0.15, 0.2) is 0 Å². The quantitative estimate of drug-likeness (QED) is 0.509. The zero-order valence-corrected chi connectivity index (χ0v) is 8.55. The fourth-order valence-electron chi connectivity index (χ4n) is 0.494. The van der Waals surface area contributed by atoms with Crippen LogP contribution in [-0.2, 0) is 4.74 Å². The molecule has 0 bridgehead atoms. The van der Waals surface area contributed by atoms with Crippen molar-refractivity contribution in [1.82, 2.24) is 5.43 Å². The van der Waals surface area contributed by atoms with Gasteiger partial charge in [0.05, 0.1) is 12.3 Å². The van der Waals surface area contributed by atoms with Gasteiger partial charge in [-0.05, 0) is 13.8 Å². The minimum atomic E-state index is 0.575. The zero-order chi connectivity index (χ0) is 9.82. The third-order valence-corrected chi connectivity index (χ3v) is 1.03. The van der Waals surface area contributed by atoms with Crippen molar-refractivity contribution in [3.05, 3.63) is 11.8 Å². The van der Waals surface area contributed by atoms with Crippen LogP contribution < -0.4 is 5.43 Å². The largest absolute Gasteiger partial charge is 0.375 e. The van der Waals surface area contributed by atoms with E-state index in [2.05, 4.69) is 17.2 Å². The lowest BCUT2D eigenvalue weighted by molar-refractivity contribution is 0.166. The van der Waals surface area contributed by atoms with Crippen molar-refractivity contribution in [3.63, 3.8) is 0 Å². The van der Waals surface area contributed by atoms with Crippen LogP contribution in [0.1, 0.15) is 27.7 Å². The second-order valence-electron chi connectivity index (χ2n) is 1.72. The van der Waals surface area contributed by atoms with E-state index in [1.165, 1.54) is 0 Å². The van der Waals surface area contributed by atoms with Gasteiger partial charge in [0.1, 0.15) is 0 Å². The molecule has 1 N–H and O–H groups in total. The molecule has 0 heterocycles. The first-order valence-corrected chi connectivity index (χ1v) is 4.29. The summed E-state index contributed by atoms with van der Waals surface area (Å²) in [6, 6.07) is 0. The number of hydrazone groups is 1. The lowest BCUT2D eigenvalue weighted by Crippen LogP contribution is -2.10. The van der Waals surface area contributed by atoms with E-state index in [1.54, 1.807) is 0 Å². The Morgan fingerprint density at radius 1 is 1.58 bits per heavy atom. The number of rotatable bonds is 5. The zero-order valence-electron chi connectivity index (χ0n) is 8.55. The van der Waals surface area contributed by atoms with Gasteiger partial charge in [0.2, 0.25) is 0 Å². The minimum absolute atomic E-state index is 0.575. The molecule has 0 aliphatic carbocycles. The highest BCUT2D eigenvalue weighted by Crippen LogP contribution is 1.89. The molecule has 72 valence electrons. The monoisotopic (exact) mass is 172 g/mol. The van der Waals surface area contributed by atoms with Crippen molar-refractivity contribution in [2.75, 3.05) is 13.2 Å². The van der Waals surface area contributed by atoms with Gasteiger partial charge in [-0.2, -0.15) is 5.10 Å². The van der Waals surface area contributed by atoms with Gasteiger partial charge in [0, 0.05) is 13.3 Å². The number of allylic oxidation sites excluding steroid dienone is 1. The average molecular weight is 172 g/mol. The molecule has 0 rings (SSSR count). The Morgan fingerprint density at radius 2 is 2.17 bits per heavy atom. The summed E-state index contributed by atoms with van der Waals surface area (Å²) in [7, 11) is 0. The van der Waals surface area contributed by atoms with Crippen LogP contribution in [0.5, 0.6) is 0 Å². The van der Waals surface area contributed by atoms with Crippen molar-refractivity contribution in [2.45, 2.75) is 27.7 Å². The SMILES string of the molecule is C=NN/C(=C\C)COCC.CC. The molecule has 0 amide bonds. The van der Waals surface area contributed by atoms with Gasteiger partial charge in [-0.25, -0.2) is 0 Å². The number of nitrogens with one attached hydrogen (secondary N) is 1. The third-order valence-electron chi connectivity index (χ3n) is 1.03. The van der Waals surface area contributed by atoms with Gasteiger partial charge in [-0.1, -0.05) is 19.9 Å². The second kappa shape index (κ2) is 12.8. The lowest BCUT2D eigenvalue weighted by atomic mass is 10.4. The first-order valence-electron chi connectivity index (χ1n) is 4.29. The van der Waals surface area contributed by atoms with E-state index < -0.39 is 0 Å².